The number of amides is 1. The number of carbonyl (C=O) groups excluding carboxylic acids is 1. The third-order valence-corrected chi connectivity index (χ3v) is 6.53. The van der Waals surface area contributed by atoms with Crippen molar-refractivity contribution in [1.82, 2.24) is 14.9 Å². The van der Waals surface area contributed by atoms with Crippen LogP contribution in [0, 0.1) is 5.82 Å². The van der Waals surface area contributed by atoms with Gasteiger partial charge in [-0.15, -0.1) is 0 Å². The molecule has 0 aliphatic heterocycles. The molecule has 1 N–H and O–H groups in total. The van der Waals surface area contributed by atoms with Gasteiger partial charge in [0, 0.05) is 22.4 Å². The van der Waals surface area contributed by atoms with Gasteiger partial charge in [-0.2, -0.15) is 0 Å². The molecule has 1 aromatic heterocycles. The number of fused-ring (bicyclic) bond motifs is 1. The van der Waals surface area contributed by atoms with E-state index in [0.717, 1.165) is 11.1 Å². The summed E-state index contributed by atoms with van der Waals surface area (Å²) in [5.74, 6) is -0.227. The van der Waals surface area contributed by atoms with Gasteiger partial charge in [0.1, 0.15) is 5.82 Å². The van der Waals surface area contributed by atoms with Gasteiger partial charge in [0.2, 0.25) is 0 Å². The summed E-state index contributed by atoms with van der Waals surface area (Å²) in [6.07, 6.45) is 0. The Hall–Kier alpha value is -3.16. The number of carbonyl (C=O) groups is 1. The van der Waals surface area contributed by atoms with Crippen LogP contribution < -0.4 is 10.9 Å². The molecule has 0 fully saturated rings. The Morgan fingerprint density at radius 1 is 1.12 bits per heavy atom. The van der Waals surface area contributed by atoms with Gasteiger partial charge >= 0.3 is 0 Å². The molecular weight excluding hydrogens is 473 g/mol. The Kier molecular flexibility index (Phi) is 7.34. The third kappa shape index (κ3) is 5.48. The summed E-state index contributed by atoms with van der Waals surface area (Å²) in [7, 11) is 0. The number of thioether (sulfide) groups is 1. The van der Waals surface area contributed by atoms with Crippen molar-refractivity contribution in [2.45, 2.75) is 37.3 Å². The van der Waals surface area contributed by atoms with E-state index in [1.807, 2.05) is 44.2 Å². The standard InChI is InChI=1S/C26H23ClFN3O2S/c1-16(2)29-24(32)18-9-11-21-23(12-18)30-26(34-15-19-8-10-20(28)13-22(19)27)31(25(21)33)14-17-6-4-3-5-7-17/h3-13,16H,14-15H2,1-2H3,(H,29,32). The maximum absolute atomic E-state index is 13.5. The molecule has 8 heteroatoms. The van der Waals surface area contributed by atoms with E-state index in [0.29, 0.717) is 38.9 Å². The molecule has 4 rings (SSSR count). The fourth-order valence-corrected chi connectivity index (χ4v) is 4.80. The smallest absolute Gasteiger partial charge is 0.262 e. The van der Waals surface area contributed by atoms with Crippen LogP contribution in [0.5, 0.6) is 0 Å². The Bertz CT molecular complexity index is 1410. The first-order chi connectivity index (χ1) is 16.3. The van der Waals surface area contributed by atoms with E-state index in [2.05, 4.69) is 5.32 Å². The Balaban J connectivity index is 1.77. The van der Waals surface area contributed by atoms with Gasteiger partial charge in [-0.05, 0) is 55.3 Å². The van der Waals surface area contributed by atoms with Crippen LogP contribution >= 0.6 is 23.4 Å². The predicted molar refractivity (Wildman–Crippen MR) is 135 cm³/mol. The minimum Gasteiger partial charge on any atom is -0.350 e. The number of benzene rings is 3. The van der Waals surface area contributed by atoms with Crippen molar-refractivity contribution in [3.8, 4) is 0 Å². The fraction of sp³-hybridized carbons (Fsp3) is 0.192. The molecule has 0 spiro atoms. The lowest BCUT2D eigenvalue weighted by Gasteiger charge is -2.14. The molecule has 174 valence electrons. The fourth-order valence-electron chi connectivity index (χ4n) is 3.48. The van der Waals surface area contributed by atoms with Crippen molar-refractivity contribution < 1.29 is 9.18 Å². The lowest BCUT2D eigenvalue weighted by Crippen LogP contribution is -2.30. The molecule has 0 saturated heterocycles. The van der Waals surface area contributed by atoms with Crippen LogP contribution in [0.1, 0.15) is 35.3 Å². The van der Waals surface area contributed by atoms with Crippen LogP contribution in [0.3, 0.4) is 0 Å². The quantitative estimate of drug-likeness (QED) is 0.265. The molecular formula is C26H23ClFN3O2S. The van der Waals surface area contributed by atoms with E-state index < -0.39 is 5.82 Å². The van der Waals surface area contributed by atoms with Gasteiger partial charge in [0.05, 0.1) is 17.4 Å². The molecule has 0 atom stereocenters. The summed E-state index contributed by atoms with van der Waals surface area (Å²) in [6.45, 7) is 4.11. The second-order valence-corrected chi connectivity index (χ2v) is 9.51. The molecule has 0 unspecified atom stereocenters. The SMILES string of the molecule is CC(C)NC(=O)c1ccc2c(=O)n(Cc3ccccc3)c(SCc3ccc(F)cc3Cl)nc2c1. The van der Waals surface area contributed by atoms with E-state index in [-0.39, 0.29) is 17.5 Å². The minimum atomic E-state index is -0.407. The third-order valence-electron chi connectivity index (χ3n) is 5.16. The van der Waals surface area contributed by atoms with Crippen molar-refractivity contribution in [3.63, 3.8) is 0 Å². The minimum absolute atomic E-state index is 0.0124. The summed E-state index contributed by atoms with van der Waals surface area (Å²) in [6, 6.07) is 18.8. The maximum atomic E-state index is 13.5. The predicted octanol–water partition coefficient (Wildman–Crippen LogP) is 5.67. The first-order valence-corrected chi connectivity index (χ1v) is 12.1. The van der Waals surface area contributed by atoms with E-state index in [1.165, 1.54) is 23.9 Å². The first kappa shape index (κ1) is 24.0. The molecule has 0 saturated carbocycles. The lowest BCUT2D eigenvalue weighted by atomic mass is 10.1. The van der Waals surface area contributed by atoms with Crippen LogP contribution in [0.4, 0.5) is 4.39 Å². The number of aromatic nitrogens is 2. The normalized spacial score (nSPS) is 11.2. The number of halogens is 2. The van der Waals surface area contributed by atoms with Crippen molar-refractivity contribution in [2.24, 2.45) is 0 Å². The summed E-state index contributed by atoms with van der Waals surface area (Å²) >= 11 is 7.54. The Morgan fingerprint density at radius 3 is 2.59 bits per heavy atom. The topological polar surface area (TPSA) is 64.0 Å². The van der Waals surface area contributed by atoms with Gasteiger partial charge in [-0.25, -0.2) is 9.37 Å². The van der Waals surface area contributed by atoms with Crippen LogP contribution in [-0.2, 0) is 12.3 Å². The zero-order valence-corrected chi connectivity index (χ0v) is 20.3. The van der Waals surface area contributed by atoms with E-state index in [9.17, 15) is 14.0 Å². The Labute approximate surface area is 206 Å². The molecule has 0 aliphatic rings. The van der Waals surface area contributed by atoms with Crippen molar-refractivity contribution in [2.75, 3.05) is 0 Å². The zero-order valence-electron chi connectivity index (χ0n) is 18.7. The average molecular weight is 496 g/mol. The molecule has 0 radical (unpaired) electrons. The van der Waals surface area contributed by atoms with E-state index in [4.69, 9.17) is 16.6 Å². The molecule has 0 bridgehead atoms. The number of nitrogens with zero attached hydrogens (tertiary/aromatic N) is 2. The molecule has 0 aliphatic carbocycles. The van der Waals surface area contributed by atoms with Gasteiger partial charge in [0.25, 0.3) is 11.5 Å². The highest BCUT2D eigenvalue weighted by atomic mass is 35.5. The van der Waals surface area contributed by atoms with Crippen molar-refractivity contribution in [3.05, 3.63) is 105 Å². The summed E-state index contributed by atoms with van der Waals surface area (Å²) in [5, 5.41) is 4.09. The first-order valence-electron chi connectivity index (χ1n) is 10.8. The second-order valence-electron chi connectivity index (χ2n) is 8.16. The average Bonchev–Trinajstić information content (AvgIpc) is 2.80. The molecule has 1 heterocycles. The van der Waals surface area contributed by atoms with Crippen LogP contribution in [-0.4, -0.2) is 21.5 Å². The molecule has 34 heavy (non-hydrogen) atoms. The number of hydrogen-bond acceptors (Lipinski definition) is 4. The summed E-state index contributed by atoms with van der Waals surface area (Å²) < 4.78 is 15.1. The van der Waals surface area contributed by atoms with Gasteiger partial charge in [-0.3, -0.25) is 14.2 Å². The molecule has 5 nitrogen and oxygen atoms in total. The monoisotopic (exact) mass is 495 g/mol. The van der Waals surface area contributed by atoms with E-state index >= 15 is 0 Å². The van der Waals surface area contributed by atoms with E-state index in [1.54, 1.807) is 28.8 Å². The summed E-state index contributed by atoms with van der Waals surface area (Å²) in [5.41, 5.74) is 2.38. The van der Waals surface area contributed by atoms with Gasteiger partial charge < -0.3 is 5.32 Å². The number of hydrogen-bond donors (Lipinski definition) is 1. The highest BCUT2D eigenvalue weighted by Crippen LogP contribution is 2.27. The van der Waals surface area contributed by atoms with Crippen LogP contribution in [0.2, 0.25) is 5.02 Å². The van der Waals surface area contributed by atoms with Gasteiger partial charge in [0.15, 0.2) is 5.16 Å². The molecule has 4 aromatic rings. The maximum Gasteiger partial charge on any atom is 0.262 e. The van der Waals surface area contributed by atoms with Crippen molar-refractivity contribution >= 4 is 40.2 Å². The Morgan fingerprint density at radius 2 is 1.88 bits per heavy atom. The second kappa shape index (κ2) is 10.4. The molecule has 1 amide bonds. The largest absolute Gasteiger partial charge is 0.350 e. The zero-order chi connectivity index (χ0) is 24.2. The van der Waals surface area contributed by atoms with Crippen molar-refractivity contribution in [1.29, 1.82) is 0 Å². The highest BCUT2D eigenvalue weighted by Gasteiger charge is 2.16. The lowest BCUT2D eigenvalue weighted by molar-refractivity contribution is 0.0943. The number of rotatable bonds is 7. The highest BCUT2D eigenvalue weighted by molar-refractivity contribution is 7.98. The molecule has 3 aromatic carbocycles. The van der Waals surface area contributed by atoms with Crippen LogP contribution in [0.15, 0.2) is 76.7 Å². The number of nitrogens with one attached hydrogen (secondary N) is 1. The van der Waals surface area contributed by atoms with Crippen LogP contribution in [0.25, 0.3) is 10.9 Å². The summed E-state index contributed by atoms with van der Waals surface area (Å²) in [4.78, 5) is 30.7. The van der Waals surface area contributed by atoms with Gasteiger partial charge in [-0.1, -0.05) is 59.8 Å².